The van der Waals surface area contributed by atoms with Gasteiger partial charge in [-0.25, -0.2) is 0 Å². The first-order valence-electron chi connectivity index (χ1n) is 5.40. The Morgan fingerprint density at radius 3 is 2.53 bits per heavy atom. The number of anilines is 1. The van der Waals surface area contributed by atoms with Gasteiger partial charge in [-0.1, -0.05) is 30.3 Å². The van der Waals surface area contributed by atoms with Crippen LogP contribution in [0, 0.1) is 0 Å². The third-order valence-corrected chi connectivity index (χ3v) is 3.26. The normalized spacial score (nSPS) is 10.2. The number of nitrogen functional groups attached to an aromatic ring is 1. The van der Waals surface area contributed by atoms with Crippen molar-refractivity contribution >= 4 is 17.4 Å². The van der Waals surface area contributed by atoms with Gasteiger partial charge in [0.1, 0.15) is 12.4 Å². The number of rotatable bonds is 4. The van der Waals surface area contributed by atoms with Crippen LogP contribution in [0.15, 0.2) is 53.4 Å². The van der Waals surface area contributed by atoms with E-state index in [9.17, 15) is 0 Å². The quantitative estimate of drug-likeness (QED) is 0.660. The second-order valence-corrected chi connectivity index (χ2v) is 4.53. The Kier molecular flexibility index (Phi) is 3.94. The average molecular weight is 245 g/mol. The Hall–Kier alpha value is -1.61. The Balaban J connectivity index is 2.02. The van der Waals surface area contributed by atoms with Crippen molar-refractivity contribution in [3.63, 3.8) is 0 Å². The summed E-state index contributed by atoms with van der Waals surface area (Å²) in [6.07, 6.45) is 2.01. The fourth-order valence-corrected chi connectivity index (χ4v) is 2.04. The molecule has 0 spiro atoms. The van der Waals surface area contributed by atoms with Gasteiger partial charge in [-0.2, -0.15) is 0 Å². The molecule has 0 saturated carbocycles. The lowest BCUT2D eigenvalue weighted by Gasteiger charge is -2.08. The van der Waals surface area contributed by atoms with Gasteiger partial charge in [0, 0.05) is 16.6 Å². The fraction of sp³-hybridized carbons (Fsp3) is 0.143. The van der Waals surface area contributed by atoms with Crippen molar-refractivity contribution in [3.05, 3.63) is 54.1 Å². The van der Waals surface area contributed by atoms with Crippen LogP contribution in [0.2, 0.25) is 0 Å². The fourth-order valence-electron chi connectivity index (χ4n) is 1.54. The molecule has 0 unspecified atom stereocenters. The van der Waals surface area contributed by atoms with Crippen molar-refractivity contribution in [2.24, 2.45) is 0 Å². The van der Waals surface area contributed by atoms with Gasteiger partial charge in [-0.05, 0) is 24.0 Å². The molecule has 0 radical (unpaired) electrons. The third kappa shape index (κ3) is 3.17. The van der Waals surface area contributed by atoms with Crippen LogP contribution >= 0.6 is 11.8 Å². The Bertz CT molecular complexity index is 485. The van der Waals surface area contributed by atoms with E-state index < -0.39 is 0 Å². The van der Waals surface area contributed by atoms with Crippen LogP contribution in [0.25, 0.3) is 0 Å². The number of nitrogens with two attached hydrogens (primary N) is 1. The van der Waals surface area contributed by atoms with Gasteiger partial charge in [0.2, 0.25) is 0 Å². The highest BCUT2D eigenvalue weighted by atomic mass is 32.2. The van der Waals surface area contributed by atoms with Gasteiger partial charge >= 0.3 is 0 Å². The molecule has 0 aliphatic heterocycles. The highest BCUT2D eigenvalue weighted by molar-refractivity contribution is 7.98. The molecule has 2 nitrogen and oxygen atoms in total. The zero-order valence-electron chi connectivity index (χ0n) is 9.72. The van der Waals surface area contributed by atoms with Crippen molar-refractivity contribution in [2.45, 2.75) is 11.5 Å². The van der Waals surface area contributed by atoms with Crippen LogP contribution in [0.4, 0.5) is 5.69 Å². The van der Waals surface area contributed by atoms with Crippen LogP contribution < -0.4 is 10.5 Å². The highest BCUT2D eigenvalue weighted by Crippen LogP contribution is 2.27. The molecular weight excluding hydrogens is 230 g/mol. The van der Waals surface area contributed by atoms with Gasteiger partial charge in [0.15, 0.2) is 0 Å². The first kappa shape index (κ1) is 11.9. The smallest absolute Gasteiger partial charge is 0.121 e. The largest absolute Gasteiger partial charge is 0.489 e. The van der Waals surface area contributed by atoms with Crippen LogP contribution in [0.3, 0.4) is 0 Å². The molecule has 17 heavy (non-hydrogen) atoms. The summed E-state index contributed by atoms with van der Waals surface area (Å²) < 4.78 is 5.68. The minimum atomic E-state index is 0.568. The topological polar surface area (TPSA) is 35.2 Å². The predicted octanol–water partition coefficient (Wildman–Crippen LogP) is 3.57. The summed E-state index contributed by atoms with van der Waals surface area (Å²) in [6, 6.07) is 15.9. The van der Waals surface area contributed by atoms with E-state index in [1.807, 2.05) is 54.8 Å². The first-order chi connectivity index (χ1) is 8.29. The molecule has 0 bridgehead atoms. The molecule has 0 saturated heterocycles. The molecule has 88 valence electrons. The Labute approximate surface area is 106 Å². The number of ether oxygens (including phenoxy) is 1. The van der Waals surface area contributed by atoms with E-state index in [4.69, 9.17) is 10.5 Å². The molecule has 0 amide bonds. The van der Waals surface area contributed by atoms with Crippen LogP contribution in [-0.4, -0.2) is 6.26 Å². The second kappa shape index (κ2) is 5.64. The van der Waals surface area contributed by atoms with E-state index >= 15 is 0 Å². The molecule has 2 aromatic carbocycles. The average Bonchev–Trinajstić information content (AvgIpc) is 2.38. The van der Waals surface area contributed by atoms with Crippen molar-refractivity contribution in [2.75, 3.05) is 12.0 Å². The van der Waals surface area contributed by atoms with Crippen LogP contribution in [0.1, 0.15) is 5.56 Å². The summed E-state index contributed by atoms with van der Waals surface area (Å²) in [6.45, 7) is 0.568. The van der Waals surface area contributed by atoms with E-state index in [-0.39, 0.29) is 0 Å². The molecule has 2 aromatic rings. The molecule has 0 heterocycles. The van der Waals surface area contributed by atoms with Crippen LogP contribution in [-0.2, 0) is 6.61 Å². The number of hydrogen-bond donors (Lipinski definition) is 1. The lowest BCUT2D eigenvalue weighted by molar-refractivity contribution is 0.306. The minimum absolute atomic E-state index is 0.568. The van der Waals surface area contributed by atoms with Crippen LogP contribution in [0.5, 0.6) is 5.75 Å². The Morgan fingerprint density at radius 1 is 1.12 bits per heavy atom. The molecule has 0 aliphatic carbocycles. The first-order valence-corrected chi connectivity index (χ1v) is 6.62. The van der Waals surface area contributed by atoms with Gasteiger partial charge in [0.25, 0.3) is 0 Å². The number of benzene rings is 2. The summed E-state index contributed by atoms with van der Waals surface area (Å²) in [5.41, 5.74) is 7.82. The van der Waals surface area contributed by atoms with Crippen molar-refractivity contribution in [1.82, 2.24) is 0 Å². The van der Waals surface area contributed by atoms with E-state index in [0.29, 0.717) is 6.61 Å². The highest BCUT2D eigenvalue weighted by Gasteiger charge is 2.00. The predicted molar refractivity (Wildman–Crippen MR) is 73.4 cm³/mol. The lowest BCUT2D eigenvalue weighted by Crippen LogP contribution is -1.96. The summed E-state index contributed by atoms with van der Waals surface area (Å²) in [4.78, 5) is 1.08. The summed E-state index contributed by atoms with van der Waals surface area (Å²) in [5.74, 6) is 0.809. The summed E-state index contributed by atoms with van der Waals surface area (Å²) in [7, 11) is 0. The van der Waals surface area contributed by atoms with Gasteiger partial charge < -0.3 is 10.5 Å². The molecule has 2 rings (SSSR count). The monoisotopic (exact) mass is 245 g/mol. The zero-order valence-corrected chi connectivity index (χ0v) is 10.5. The third-order valence-electron chi connectivity index (χ3n) is 2.45. The van der Waals surface area contributed by atoms with E-state index in [0.717, 1.165) is 21.9 Å². The zero-order chi connectivity index (χ0) is 12.1. The van der Waals surface area contributed by atoms with Gasteiger partial charge in [-0.3, -0.25) is 0 Å². The molecule has 0 aliphatic rings. The van der Waals surface area contributed by atoms with E-state index in [1.54, 1.807) is 11.8 Å². The van der Waals surface area contributed by atoms with Crippen molar-refractivity contribution < 1.29 is 4.74 Å². The SMILES string of the molecule is CSc1ccc(OCc2ccccc2)cc1N. The molecule has 3 heteroatoms. The molecule has 2 N–H and O–H groups in total. The standard InChI is InChI=1S/C14H15NOS/c1-17-14-8-7-12(9-13(14)15)16-10-11-5-3-2-4-6-11/h2-9H,10,15H2,1H3. The number of hydrogen-bond acceptors (Lipinski definition) is 3. The maximum Gasteiger partial charge on any atom is 0.121 e. The maximum absolute atomic E-state index is 5.90. The van der Waals surface area contributed by atoms with E-state index in [1.165, 1.54) is 0 Å². The lowest BCUT2D eigenvalue weighted by atomic mass is 10.2. The maximum atomic E-state index is 5.90. The molecule has 0 fully saturated rings. The van der Waals surface area contributed by atoms with Crippen molar-refractivity contribution in [1.29, 1.82) is 0 Å². The Morgan fingerprint density at radius 2 is 1.88 bits per heavy atom. The molecule has 0 aromatic heterocycles. The summed E-state index contributed by atoms with van der Waals surface area (Å²) in [5, 5.41) is 0. The van der Waals surface area contributed by atoms with Crippen molar-refractivity contribution in [3.8, 4) is 5.75 Å². The van der Waals surface area contributed by atoms with E-state index in [2.05, 4.69) is 0 Å². The number of thioether (sulfide) groups is 1. The van der Waals surface area contributed by atoms with Gasteiger partial charge in [-0.15, -0.1) is 11.8 Å². The molecule has 0 atom stereocenters. The summed E-state index contributed by atoms with van der Waals surface area (Å²) >= 11 is 1.64. The molecular formula is C14H15NOS. The second-order valence-electron chi connectivity index (χ2n) is 3.68. The minimum Gasteiger partial charge on any atom is -0.489 e. The van der Waals surface area contributed by atoms with Gasteiger partial charge in [0.05, 0.1) is 0 Å².